The van der Waals surface area contributed by atoms with Crippen LogP contribution in [0.15, 0.2) is 28.8 Å². The minimum absolute atomic E-state index is 0.0798. The summed E-state index contributed by atoms with van der Waals surface area (Å²) in [7, 11) is 0. The van der Waals surface area contributed by atoms with Crippen molar-refractivity contribution >= 4 is 5.91 Å². The van der Waals surface area contributed by atoms with Gasteiger partial charge in [-0.1, -0.05) is 30.1 Å². The first-order chi connectivity index (χ1) is 10.9. The van der Waals surface area contributed by atoms with Crippen LogP contribution < -0.4 is 5.32 Å². The average Bonchev–Trinajstić information content (AvgIpc) is 3.17. The van der Waals surface area contributed by atoms with Crippen molar-refractivity contribution in [3.8, 4) is 11.4 Å². The highest BCUT2D eigenvalue weighted by Gasteiger charge is 2.23. The molecule has 3 rings (SSSR count). The zero-order valence-electron chi connectivity index (χ0n) is 13.9. The average molecular weight is 313 g/mol. The predicted octanol–water partition coefficient (Wildman–Crippen LogP) is 3.92. The van der Waals surface area contributed by atoms with Gasteiger partial charge in [-0.3, -0.25) is 4.79 Å². The molecule has 0 bridgehead atoms. The molecule has 23 heavy (non-hydrogen) atoms. The molecular weight excluding hydrogens is 290 g/mol. The van der Waals surface area contributed by atoms with Crippen molar-refractivity contribution in [2.75, 3.05) is 0 Å². The molecule has 1 amide bonds. The van der Waals surface area contributed by atoms with E-state index in [9.17, 15) is 4.79 Å². The summed E-state index contributed by atoms with van der Waals surface area (Å²) in [4.78, 5) is 16.6. The molecule has 0 radical (unpaired) electrons. The van der Waals surface area contributed by atoms with Gasteiger partial charge in [-0.05, 0) is 45.7 Å². The molecule has 5 nitrogen and oxygen atoms in total. The summed E-state index contributed by atoms with van der Waals surface area (Å²) in [6.07, 6.45) is 4.74. The zero-order valence-corrected chi connectivity index (χ0v) is 13.9. The van der Waals surface area contributed by atoms with Crippen LogP contribution in [-0.2, 0) is 0 Å². The lowest BCUT2D eigenvalue weighted by molar-refractivity contribution is 0.0919. The molecule has 0 unspecified atom stereocenters. The molecule has 1 saturated carbocycles. The van der Waals surface area contributed by atoms with Gasteiger partial charge in [0.1, 0.15) is 0 Å². The normalized spacial score (nSPS) is 15.8. The minimum Gasteiger partial charge on any atom is -0.347 e. The summed E-state index contributed by atoms with van der Waals surface area (Å²) < 4.78 is 5.41. The van der Waals surface area contributed by atoms with Gasteiger partial charge in [0.2, 0.25) is 11.7 Å². The Morgan fingerprint density at radius 1 is 1.17 bits per heavy atom. The van der Waals surface area contributed by atoms with E-state index in [1.807, 2.05) is 32.9 Å². The Kier molecular flexibility index (Phi) is 4.20. The van der Waals surface area contributed by atoms with Gasteiger partial charge in [0.25, 0.3) is 5.91 Å². The maximum absolute atomic E-state index is 12.1. The molecule has 122 valence electrons. The summed E-state index contributed by atoms with van der Waals surface area (Å²) in [5, 5.41) is 7.03. The smallest absolute Gasteiger partial charge is 0.251 e. The third-order valence-corrected chi connectivity index (χ3v) is 4.04. The number of benzene rings is 1. The Morgan fingerprint density at radius 3 is 2.43 bits per heavy atom. The number of carbonyl (C=O) groups is 1. The predicted molar refractivity (Wildman–Crippen MR) is 88.2 cm³/mol. The lowest BCUT2D eigenvalue weighted by Gasteiger charge is -2.20. The monoisotopic (exact) mass is 313 g/mol. The van der Waals surface area contributed by atoms with Crippen molar-refractivity contribution in [1.29, 1.82) is 0 Å². The van der Waals surface area contributed by atoms with Crippen molar-refractivity contribution < 1.29 is 9.32 Å². The number of aromatic nitrogens is 2. The Balaban J connectivity index is 1.73. The molecule has 0 spiro atoms. The van der Waals surface area contributed by atoms with E-state index in [1.54, 1.807) is 12.1 Å². The lowest BCUT2D eigenvalue weighted by Crippen LogP contribution is -2.40. The molecule has 2 aromatic rings. The van der Waals surface area contributed by atoms with Crippen LogP contribution in [0.5, 0.6) is 0 Å². The number of rotatable bonds is 3. The second-order valence-electron chi connectivity index (χ2n) is 7.22. The molecule has 0 saturated heterocycles. The van der Waals surface area contributed by atoms with Crippen LogP contribution in [0.2, 0.25) is 0 Å². The van der Waals surface area contributed by atoms with E-state index in [0.29, 0.717) is 17.3 Å². The van der Waals surface area contributed by atoms with Gasteiger partial charge < -0.3 is 9.84 Å². The summed E-state index contributed by atoms with van der Waals surface area (Å²) >= 11 is 0. The van der Waals surface area contributed by atoms with Crippen LogP contribution >= 0.6 is 0 Å². The van der Waals surface area contributed by atoms with E-state index in [2.05, 4.69) is 15.5 Å². The first-order valence-corrected chi connectivity index (χ1v) is 8.19. The van der Waals surface area contributed by atoms with E-state index < -0.39 is 0 Å². The number of amides is 1. The topological polar surface area (TPSA) is 68.0 Å². The molecule has 1 aromatic carbocycles. The van der Waals surface area contributed by atoms with Crippen molar-refractivity contribution in [1.82, 2.24) is 15.5 Å². The number of hydrogen-bond donors (Lipinski definition) is 1. The number of carbonyl (C=O) groups excluding carboxylic acids is 1. The summed E-state index contributed by atoms with van der Waals surface area (Å²) in [6.45, 7) is 5.88. The second-order valence-corrected chi connectivity index (χ2v) is 7.22. The molecule has 1 aliphatic rings. The van der Waals surface area contributed by atoms with E-state index in [4.69, 9.17) is 4.52 Å². The van der Waals surface area contributed by atoms with Crippen LogP contribution in [0, 0.1) is 0 Å². The SMILES string of the molecule is CC(C)(C)NC(=O)c1ccc(-c2noc(C3CCCC3)n2)cc1. The highest BCUT2D eigenvalue weighted by Crippen LogP contribution is 2.33. The van der Waals surface area contributed by atoms with Gasteiger partial charge in [0, 0.05) is 22.6 Å². The molecule has 1 aliphatic carbocycles. The van der Waals surface area contributed by atoms with Gasteiger partial charge in [-0.15, -0.1) is 0 Å². The zero-order chi connectivity index (χ0) is 16.4. The van der Waals surface area contributed by atoms with Crippen LogP contribution in [-0.4, -0.2) is 21.6 Å². The van der Waals surface area contributed by atoms with Crippen molar-refractivity contribution in [2.45, 2.75) is 57.9 Å². The molecule has 1 heterocycles. The number of nitrogens with zero attached hydrogens (tertiary/aromatic N) is 2. The van der Waals surface area contributed by atoms with E-state index >= 15 is 0 Å². The Labute approximate surface area is 136 Å². The molecule has 1 N–H and O–H groups in total. The largest absolute Gasteiger partial charge is 0.347 e. The maximum Gasteiger partial charge on any atom is 0.251 e. The summed E-state index contributed by atoms with van der Waals surface area (Å²) in [6, 6.07) is 7.31. The Morgan fingerprint density at radius 2 is 1.83 bits per heavy atom. The summed E-state index contributed by atoms with van der Waals surface area (Å²) in [5.41, 5.74) is 1.24. The number of hydrogen-bond acceptors (Lipinski definition) is 4. The second kappa shape index (κ2) is 6.14. The summed E-state index contributed by atoms with van der Waals surface area (Å²) in [5.74, 6) is 1.67. The van der Waals surface area contributed by atoms with Crippen molar-refractivity contribution in [2.24, 2.45) is 0 Å². The first-order valence-electron chi connectivity index (χ1n) is 8.19. The fraction of sp³-hybridized carbons (Fsp3) is 0.500. The fourth-order valence-corrected chi connectivity index (χ4v) is 2.87. The van der Waals surface area contributed by atoms with Gasteiger partial charge >= 0.3 is 0 Å². The fourth-order valence-electron chi connectivity index (χ4n) is 2.87. The maximum atomic E-state index is 12.1. The van der Waals surface area contributed by atoms with Gasteiger partial charge in [0.15, 0.2) is 0 Å². The Bertz CT molecular complexity index is 677. The van der Waals surface area contributed by atoms with Crippen LogP contribution in [0.3, 0.4) is 0 Å². The molecule has 1 aromatic heterocycles. The van der Waals surface area contributed by atoms with Crippen LogP contribution in [0.25, 0.3) is 11.4 Å². The third-order valence-electron chi connectivity index (χ3n) is 4.04. The highest BCUT2D eigenvalue weighted by molar-refractivity contribution is 5.95. The first kappa shape index (κ1) is 15.7. The van der Waals surface area contributed by atoms with Gasteiger partial charge in [-0.25, -0.2) is 0 Å². The van der Waals surface area contributed by atoms with Gasteiger partial charge in [-0.2, -0.15) is 4.98 Å². The van der Waals surface area contributed by atoms with Crippen LogP contribution in [0.1, 0.15) is 68.6 Å². The molecule has 0 aliphatic heterocycles. The standard InChI is InChI=1S/C18H23N3O2/c1-18(2,3)20-16(22)13-10-8-12(9-11-13)15-19-17(23-21-15)14-6-4-5-7-14/h8-11,14H,4-7H2,1-3H3,(H,20,22). The number of nitrogens with one attached hydrogen (secondary N) is 1. The highest BCUT2D eigenvalue weighted by atomic mass is 16.5. The third kappa shape index (κ3) is 3.78. The van der Waals surface area contributed by atoms with E-state index in [0.717, 1.165) is 24.3 Å². The molecule has 1 fully saturated rings. The quantitative estimate of drug-likeness (QED) is 0.932. The molecule has 5 heteroatoms. The molecule has 0 atom stereocenters. The van der Waals surface area contributed by atoms with Crippen LogP contribution in [0.4, 0.5) is 0 Å². The minimum atomic E-state index is -0.250. The van der Waals surface area contributed by atoms with E-state index in [-0.39, 0.29) is 11.4 Å². The van der Waals surface area contributed by atoms with Crippen molar-refractivity contribution in [3.63, 3.8) is 0 Å². The lowest BCUT2D eigenvalue weighted by atomic mass is 10.1. The molecular formula is C18H23N3O2. The van der Waals surface area contributed by atoms with Gasteiger partial charge in [0.05, 0.1) is 0 Å². The van der Waals surface area contributed by atoms with E-state index in [1.165, 1.54) is 12.8 Å². The van der Waals surface area contributed by atoms with Crippen molar-refractivity contribution in [3.05, 3.63) is 35.7 Å². The Hall–Kier alpha value is -2.17.